The highest BCUT2D eigenvalue weighted by Crippen LogP contribution is 2.16. The molecule has 6 N–H and O–H groups in total. The van der Waals surface area contributed by atoms with Crippen molar-refractivity contribution in [3.8, 4) is 0 Å². The van der Waals surface area contributed by atoms with Crippen molar-refractivity contribution in [2.75, 3.05) is 14.1 Å². The highest BCUT2D eigenvalue weighted by Gasteiger charge is 2.04. The lowest BCUT2D eigenvalue weighted by atomic mass is 11.3. The Morgan fingerprint density at radius 1 is 1.00 bits per heavy atom. The van der Waals surface area contributed by atoms with Gasteiger partial charge in [-0.15, -0.1) is 0 Å². The lowest BCUT2D eigenvalue weighted by Gasteiger charge is -1.87. The van der Waals surface area contributed by atoms with E-state index in [2.05, 4.69) is 9.98 Å². The lowest BCUT2D eigenvalue weighted by Crippen LogP contribution is -2.70. The van der Waals surface area contributed by atoms with Crippen LogP contribution in [0, 0.1) is 0 Å². The summed E-state index contributed by atoms with van der Waals surface area (Å²) < 4.78 is 0. The molecular weight excluding hydrogens is 168 g/mol. The van der Waals surface area contributed by atoms with E-state index >= 15 is 0 Å². The van der Waals surface area contributed by atoms with E-state index in [0.29, 0.717) is 10.3 Å². The third kappa shape index (κ3) is 4.51. The largest absolute Gasteiger partial charge is 0.313 e. The van der Waals surface area contributed by atoms with E-state index in [1.165, 1.54) is 21.6 Å². The van der Waals surface area contributed by atoms with Gasteiger partial charge in [-0.2, -0.15) is 0 Å². The van der Waals surface area contributed by atoms with Crippen LogP contribution in [0.4, 0.5) is 0 Å². The molecule has 0 fully saturated rings. The third-order valence-electron chi connectivity index (χ3n) is 0.714. The fraction of sp³-hybridized carbons (Fsp3) is 0.500. The van der Waals surface area contributed by atoms with Gasteiger partial charge in [-0.1, -0.05) is 0 Å². The van der Waals surface area contributed by atoms with Crippen LogP contribution in [0.15, 0.2) is 0 Å². The zero-order valence-electron chi connectivity index (χ0n) is 5.97. The second-order valence-corrected chi connectivity index (χ2v) is 3.61. The maximum Gasteiger partial charge on any atom is 0.313 e. The van der Waals surface area contributed by atoms with Crippen molar-refractivity contribution in [2.24, 2.45) is 11.5 Å². The quantitative estimate of drug-likeness (QED) is 0.177. The predicted octanol–water partition coefficient (Wildman–Crippen LogP) is -3.58. The number of rotatable bonds is 0. The Hall–Kier alpha value is -0.360. The Balaban J connectivity index is 3.56. The molecule has 0 saturated carbocycles. The number of nitrogens with two attached hydrogens (primary N) is 2. The Labute approximate surface area is 68.0 Å². The molecule has 0 aliphatic carbocycles. The molecule has 58 valence electrons. The van der Waals surface area contributed by atoms with Gasteiger partial charge in [-0.25, -0.2) is 0 Å². The van der Waals surface area contributed by atoms with Crippen molar-refractivity contribution in [3.63, 3.8) is 0 Å². The first-order valence-corrected chi connectivity index (χ1v) is 4.80. The minimum absolute atomic E-state index is 0.642. The summed E-state index contributed by atoms with van der Waals surface area (Å²) in [5.74, 6) is 0. The van der Waals surface area contributed by atoms with E-state index < -0.39 is 0 Å². The van der Waals surface area contributed by atoms with E-state index in [4.69, 9.17) is 11.5 Å². The van der Waals surface area contributed by atoms with E-state index in [-0.39, 0.29) is 0 Å². The molecule has 6 heteroatoms. The summed E-state index contributed by atoms with van der Waals surface area (Å²) in [6.07, 6.45) is 0. The summed E-state index contributed by atoms with van der Waals surface area (Å²) >= 11 is 0. The summed E-state index contributed by atoms with van der Waals surface area (Å²) in [6, 6.07) is 0. The van der Waals surface area contributed by atoms with Gasteiger partial charge in [-0.3, -0.25) is 21.5 Å². The molecule has 10 heavy (non-hydrogen) atoms. The molecule has 0 aliphatic heterocycles. The SMILES string of the molecule is C[NH+]=C(N)SSC(N)=[NH+]C. The van der Waals surface area contributed by atoms with E-state index in [1.807, 2.05) is 0 Å². The Morgan fingerprint density at radius 3 is 1.50 bits per heavy atom. The Kier molecular flexibility index (Phi) is 5.23. The van der Waals surface area contributed by atoms with Crippen LogP contribution in [0.5, 0.6) is 0 Å². The molecule has 0 atom stereocenters. The maximum atomic E-state index is 5.43. The zero-order chi connectivity index (χ0) is 7.98. The van der Waals surface area contributed by atoms with E-state index in [0.717, 1.165) is 0 Å². The highest BCUT2D eigenvalue weighted by atomic mass is 33.1. The molecule has 0 unspecified atom stereocenters. The van der Waals surface area contributed by atoms with Gasteiger partial charge in [0.25, 0.3) is 0 Å². The smallest absolute Gasteiger partial charge is 0.281 e. The summed E-state index contributed by atoms with van der Waals surface area (Å²) in [7, 11) is 6.29. The minimum atomic E-state index is 0.642. The van der Waals surface area contributed by atoms with Crippen LogP contribution >= 0.6 is 21.6 Å². The van der Waals surface area contributed by atoms with Crippen molar-refractivity contribution < 1.29 is 9.98 Å². The fourth-order valence-corrected chi connectivity index (χ4v) is 1.56. The second kappa shape index (κ2) is 5.43. The number of nitrogens with one attached hydrogen (secondary N) is 2. The van der Waals surface area contributed by atoms with Crippen LogP contribution in [-0.4, -0.2) is 24.4 Å². The van der Waals surface area contributed by atoms with Crippen LogP contribution in [0.3, 0.4) is 0 Å². The first kappa shape index (κ1) is 9.64. The van der Waals surface area contributed by atoms with Crippen LogP contribution in [0.25, 0.3) is 0 Å². The molecule has 4 nitrogen and oxygen atoms in total. The maximum absolute atomic E-state index is 5.43. The first-order chi connectivity index (χ1) is 4.70. The topological polar surface area (TPSA) is 80.0 Å². The second-order valence-electron chi connectivity index (χ2n) is 1.40. The van der Waals surface area contributed by atoms with Gasteiger partial charge >= 0.3 is 10.3 Å². The van der Waals surface area contributed by atoms with Gasteiger partial charge in [-0.05, 0) is 0 Å². The molecule has 0 heterocycles. The van der Waals surface area contributed by atoms with E-state index in [9.17, 15) is 0 Å². The fourth-order valence-electron chi connectivity index (χ4n) is 0.173. The van der Waals surface area contributed by atoms with Crippen molar-refractivity contribution in [3.05, 3.63) is 0 Å². The van der Waals surface area contributed by atoms with Gasteiger partial charge in [0.2, 0.25) is 0 Å². The van der Waals surface area contributed by atoms with Crippen LogP contribution in [0.1, 0.15) is 0 Å². The van der Waals surface area contributed by atoms with E-state index in [1.54, 1.807) is 14.1 Å². The van der Waals surface area contributed by atoms with Crippen LogP contribution < -0.4 is 21.5 Å². The highest BCUT2D eigenvalue weighted by molar-refractivity contribution is 8.87. The van der Waals surface area contributed by atoms with Gasteiger partial charge in [0, 0.05) is 21.6 Å². The number of hydrogen-bond donors (Lipinski definition) is 4. The van der Waals surface area contributed by atoms with Gasteiger partial charge in [0.05, 0.1) is 14.1 Å². The normalized spacial score (nSPS) is 13.8. The molecule has 0 spiro atoms. The van der Waals surface area contributed by atoms with Gasteiger partial charge in [0.15, 0.2) is 0 Å². The Morgan fingerprint density at radius 2 is 1.30 bits per heavy atom. The number of hydrogen-bond acceptors (Lipinski definition) is 2. The molecule has 0 aromatic heterocycles. The molecule has 0 aromatic carbocycles. The van der Waals surface area contributed by atoms with Gasteiger partial charge in [0.1, 0.15) is 0 Å². The average Bonchev–Trinajstić information content (AvgIpc) is 1.99. The summed E-state index contributed by atoms with van der Waals surface area (Å²) in [4.78, 5) is 5.57. The van der Waals surface area contributed by atoms with Crippen molar-refractivity contribution in [1.29, 1.82) is 0 Å². The first-order valence-electron chi connectivity index (χ1n) is 2.65. The summed E-state index contributed by atoms with van der Waals surface area (Å²) in [5, 5.41) is 1.28. The van der Waals surface area contributed by atoms with Gasteiger partial charge < -0.3 is 0 Å². The molecule has 0 aliphatic rings. The van der Waals surface area contributed by atoms with Crippen LogP contribution in [-0.2, 0) is 0 Å². The van der Waals surface area contributed by atoms with Crippen LogP contribution in [0.2, 0.25) is 0 Å². The standard InChI is InChI=1S/C4H10N4S2/c1-7-3(5)9-10-4(6)8-2/h1-2H3,(H2,5,7)(H2,6,8)/p+2. The summed E-state index contributed by atoms with van der Waals surface area (Å²) in [5.41, 5.74) is 10.9. The molecule has 0 bridgehead atoms. The van der Waals surface area contributed by atoms with Crippen molar-refractivity contribution in [2.45, 2.75) is 0 Å². The monoisotopic (exact) mass is 180 g/mol. The molecule has 0 aromatic rings. The number of amidine groups is 2. The summed E-state index contributed by atoms with van der Waals surface area (Å²) in [6.45, 7) is 0. The minimum Gasteiger partial charge on any atom is -0.281 e. The molecule has 0 rings (SSSR count). The molecule has 0 amide bonds. The zero-order valence-corrected chi connectivity index (χ0v) is 7.60. The van der Waals surface area contributed by atoms with Crippen molar-refractivity contribution >= 4 is 31.9 Å². The predicted molar refractivity (Wildman–Crippen MR) is 47.3 cm³/mol. The molecular formula is C4H12N4S2+2. The average molecular weight is 180 g/mol. The third-order valence-corrected chi connectivity index (χ3v) is 2.89. The lowest BCUT2D eigenvalue weighted by molar-refractivity contribution is -0.417. The molecule has 0 radical (unpaired) electrons. The van der Waals surface area contributed by atoms with Crippen molar-refractivity contribution in [1.82, 2.24) is 0 Å². The Bertz CT molecular complexity index is 135. The molecule has 0 saturated heterocycles.